The van der Waals surface area contributed by atoms with Crippen LogP contribution in [0.5, 0.6) is 0 Å². The van der Waals surface area contributed by atoms with Crippen LogP contribution in [0.15, 0.2) is 36.4 Å². The largest absolute Gasteiger partial charge is 0.478 e. The molecule has 0 heterocycles. The third kappa shape index (κ3) is 4.19. The molecule has 2 aromatic carbocycles. The van der Waals surface area contributed by atoms with Crippen LogP contribution in [0.2, 0.25) is 0 Å². The second kappa shape index (κ2) is 7.41. The molecule has 2 rings (SSSR count). The van der Waals surface area contributed by atoms with Crippen LogP contribution >= 0.6 is 0 Å². The van der Waals surface area contributed by atoms with Gasteiger partial charge in [-0.15, -0.1) is 0 Å². The van der Waals surface area contributed by atoms with Gasteiger partial charge in [-0.25, -0.2) is 9.59 Å². The molecule has 22 heavy (non-hydrogen) atoms. The Bertz CT molecular complexity index is 682. The topological polar surface area (TPSA) is 74.6 Å². The van der Waals surface area contributed by atoms with Crippen molar-refractivity contribution in [3.63, 3.8) is 0 Å². The predicted octanol–water partition coefficient (Wildman–Crippen LogP) is 4.00. The summed E-state index contributed by atoms with van der Waals surface area (Å²) in [6.45, 7) is 7.33. The molecule has 0 radical (unpaired) electrons. The summed E-state index contributed by atoms with van der Waals surface area (Å²) in [6, 6.07) is 10.7. The lowest BCUT2D eigenvalue weighted by Gasteiger charge is -2.02. The van der Waals surface area contributed by atoms with Crippen molar-refractivity contribution in [2.45, 2.75) is 27.7 Å². The molecule has 0 unspecified atom stereocenters. The van der Waals surface area contributed by atoms with Gasteiger partial charge in [-0.1, -0.05) is 30.3 Å². The first-order valence-electron chi connectivity index (χ1n) is 6.84. The molecule has 0 saturated heterocycles. The van der Waals surface area contributed by atoms with Crippen molar-refractivity contribution in [3.8, 4) is 0 Å². The van der Waals surface area contributed by atoms with E-state index in [0.717, 1.165) is 22.3 Å². The van der Waals surface area contributed by atoms with Gasteiger partial charge in [-0.2, -0.15) is 0 Å². The highest BCUT2D eigenvalue weighted by Gasteiger charge is 2.08. The number of carboxylic acid groups (broad SMARTS) is 2. The molecule has 4 heteroatoms. The summed E-state index contributed by atoms with van der Waals surface area (Å²) < 4.78 is 0. The third-order valence-corrected chi connectivity index (χ3v) is 3.53. The smallest absolute Gasteiger partial charge is 0.336 e. The second-order valence-corrected chi connectivity index (χ2v) is 5.12. The normalized spacial score (nSPS) is 9.64. The summed E-state index contributed by atoms with van der Waals surface area (Å²) in [5.74, 6) is -1.70. The summed E-state index contributed by atoms with van der Waals surface area (Å²) >= 11 is 0. The Labute approximate surface area is 130 Å². The van der Waals surface area contributed by atoms with Gasteiger partial charge in [0.05, 0.1) is 11.1 Å². The standard InChI is InChI=1S/2C9H10O2/c1-6-4-3-5-8(7(6)2)9(10)11;1-6-4-3-5-7(2)8(6)9(10)11/h2*3-5H,1-2H3,(H,10,11). The van der Waals surface area contributed by atoms with E-state index in [2.05, 4.69) is 0 Å². The van der Waals surface area contributed by atoms with E-state index >= 15 is 0 Å². The molecule has 2 aromatic rings. The van der Waals surface area contributed by atoms with Gasteiger partial charge >= 0.3 is 11.9 Å². The van der Waals surface area contributed by atoms with Gasteiger partial charge in [0.25, 0.3) is 0 Å². The quantitative estimate of drug-likeness (QED) is 0.879. The highest BCUT2D eigenvalue weighted by molar-refractivity contribution is 5.91. The predicted molar refractivity (Wildman–Crippen MR) is 85.8 cm³/mol. The summed E-state index contributed by atoms with van der Waals surface area (Å²) in [5, 5.41) is 17.4. The fraction of sp³-hybridized carbons (Fsp3) is 0.222. The van der Waals surface area contributed by atoms with E-state index in [0.29, 0.717) is 11.1 Å². The Morgan fingerprint density at radius 1 is 0.727 bits per heavy atom. The van der Waals surface area contributed by atoms with E-state index in [1.165, 1.54) is 0 Å². The Balaban J connectivity index is 0.000000220. The summed E-state index contributed by atoms with van der Waals surface area (Å²) in [4.78, 5) is 21.2. The average Bonchev–Trinajstić information content (AvgIpc) is 2.41. The van der Waals surface area contributed by atoms with Crippen molar-refractivity contribution >= 4 is 11.9 Å². The number of aryl methyl sites for hydroxylation is 3. The van der Waals surface area contributed by atoms with Crippen LogP contribution in [0.4, 0.5) is 0 Å². The van der Waals surface area contributed by atoms with Crippen LogP contribution in [0.1, 0.15) is 43.0 Å². The SMILES string of the molecule is Cc1cccc(C(=O)O)c1C.Cc1cccc(C)c1C(=O)O. The van der Waals surface area contributed by atoms with Gasteiger partial charge < -0.3 is 10.2 Å². The average molecular weight is 300 g/mol. The molecule has 0 aliphatic carbocycles. The molecule has 0 aromatic heterocycles. The van der Waals surface area contributed by atoms with E-state index in [9.17, 15) is 9.59 Å². The summed E-state index contributed by atoms with van der Waals surface area (Å²) in [7, 11) is 0. The molecule has 4 nitrogen and oxygen atoms in total. The molecular formula is C18H20O4. The minimum absolute atomic E-state index is 0.394. The molecule has 116 valence electrons. The Morgan fingerprint density at radius 3 is 1.55 bits per heavy atom. The van der Waals surface area contributed by atoms with Gasteiger partial charge in [-0.3, -0.25) is 0 Å². The Morgan fingerprint density at radius 2 is 1.18 bits per heavy atom. The number of hydrogen-bond donors (Lipinski definition) is 2. The first kappa shape index (κ1) is 17.4. The Kier molecular flexibility index (Phi) is 5.87. The van der Waals surface area contributed by atoms with Crippen LogP contribution in [0.25, 0.3) is 0 Å². The molecule has 0 aliphatic rings. The van der Waals surface area contributed by atoms with Crippen LogP contribution in [0, 0.1) is 27.7 Å². The van der Waals surface area contributed by atoms with E-state index in [-0.39, 0.29) is 0 Å². The number of hydrogen-bond acceptors (Lipinski definition) is 2. The third-order valence-electron chi connectivity index (χ3n) is 3.53. The number of carboxylic acids is 2. The maximum absolute atomic E-state index is 10.6. The Hall–Kier alpha value is -2.62. The monoisotopic (exact) mass is 300 g/mol. The van der Waals surface area contributed by atoms with E-state index in [1.807, 2.05) is 26.0 Å². The summed E-state index contributed by atoms with van der Waals surface area (Å²) in [6.07, 6.45) is 0. The molecule has 0 fully saturated rings. The van der Waals surface area contributed by atoms with Gasteiger partial charge in [0.1, 0.15) is 0 Å². The van der Waals surface area contributed by atoms with Crippen molar-refractivity contribution < 1.29 is 19.8 Å². The molecular weight excluding hydrogens is 280 g/mol. The van der Waals surface area contributed by atoms with Gasteiger partial charge in [-0.05, 0) is 56.0 Å². The highest BCUT2D eigenvalue weighted by atomic mass is 16.4. The van der Waals surface area contributed by atoms with Crippen LogP contribution in [0.3, 0.4) is 0 Å². The van der Waals surface area contributed by atoms with Crippen molar-refractivity contribution in [1.29, 1.82) is 0 Å². The lowest BCUT2D eigenvalue weighted by Crippen LogP contribution is -2.01. The maximum atomic E-state index is 10.6. The number of carbonyl (C=O) groups is 2. The summed E-state index contributed by atoms with van der Waals surface area (Å²) in [5.41, 5.74) is 4.32. The van der Waals surface area contributed by atoms with E-state index < -0.39 is 11.9 Å². The first-order valence-corrected chi connectivity index (χ1v) is 6.84. The van der Waals surface area contributed by atoms with Crippen molar-refractivity contribution in [3.05, 3.63) is 69.8 Å². The van der Waals surface area contributed by atoms with Gasteiger partial charge in [0, 0.05) is 0 Å². The zero-order valence-electron chi connectivity index (χ0n) is 13.2. The lowest BCUT2D eigenvalue weighted by atomic mass is 10.0. The van der Waals surface area contributed by atoms with Crippen LogP contribution in [-0.4, -0.2) is 22.2 Å². The molecule has 2 N–H and O–H groups in total. The molecule has 0 aliphatic heterocycles. The molecule has 0 atom stereocenters. The minimum atomic E-state index is -0.855. The lowest BCUT2D eigenvalue weighted by molar-refractivity contribution is 0.0684. The maximum Gasteiger partial charge on any atom is 0.336 e. The molecule has 0 bridgehead atoms. The molecule has 0 spiro atoms. The van der Waals surface area contributed by atoms with Crippen molar-refractivity contribution in [1.82, 2.24) is 0 Å². The van der Waals surface area contributed by atoms with E-state index in [4.69, 9.17) is 10.2 Å². The number of rotatable bonds is 2. The van der Waals surface area contributed by atoms with Gasteiger partial charge in [0.2, 0.25) is 0 Å². The zero-order chi connectivity index (χ0) is 16.9. The molecule has 0 saturated carbocycles. The van der Waals surface area contributed by atoms with Gasteiger partial charge in [0.15, 0.2) is 0 Å². The van der Waals surface area contributed by atoms with Crippen LogP contribution < -0.4 is 0 Å². The van der Waals surface area contributed by atoms with E-state index in [1.54, 1.807) is 38.1 Å². The first-order chi connectivity index (χ1) is 10.3. The second-order valence-electron chi connectivity index (χ2n) is 5.12. The van der Waals surface area contributed by atoms with Crippen LogP contribution in [-0.2, 0) is 0 Å². The van der Waals surface area contributed by atoms with Crippen molar-refractivity contribution in [2.75, 3.05) is 0 Å². The number of aromatic carboxylic acids is 2. The minimum Gasteiger partial charge on any atom is -0.478 e. The fourth-order valence-electron chi connectivity index (χ4n) is 2.13. The number of benzene rings is 2. The fourth-order valence-corrected chi connectivity index (χ4v) is 2.13. The highest BCUT2D eigenvalue weighted by Crippen LogP contribution is 2.12. The zero-order valence-corrected chi connectivity index (χ0v) is 13.2. The van der Waals surface area contributed by atoms with Crippen molar-refractivity contribution in [2.24, 2.45) is 0 Å². The molecule has 0 amide bonds.